The maximum atomic E-state index is 9.09. The molecule has 0 aliphatic carbocycles. The maximum Gasteiger partial charge on any atom is 0.0995 e. The summed E-state index contributed by atoms with van der Waals surface area (Å²) in [4.78, 5) is 4.00. The van der Waals surface area contributed by atoms with Crippen LogP contribution in [0.3, 0.4) is 0 Å². The fourth-order valence-electron chi connectivity index (χ4n) is 1.35. The van der Waals surface area contributed by atoms with Crippen molar-refractivity contribution < 1.29 is 5.11 Å². The first-order chi connectivity index (χ1) is 5.83. The van der Waals surface area contributed by atoms with E-state index in [-0.39, 0.29) is 6.61 Å². The van der Waals surface area contributed by atoms with Crippen LogP contribution in [0.4, 0.5) is 0 Å². The molecule has 0 spiro atoms. The normalized spacial score (nSPS) is 10.8. The number of pyridine rings is 1. The number of aliphatic hydroxyl groups excluding tert-OH is 1. The van der Waals surface area contributed by atoms with Crippen LogP contribution in [0, 0.1) is 6.92 Å². The van der Waals surface area contributed by atoms with Gasteiger partial charge >= 0.3 is 0 Å². The van der Waals surface area contributed by atoms with Crippen molar-refractivity contribution in [2.45, 2.75) is 13.5 Å². The largest absolute Gasteiger partial charge is 0.390 e. The second-order valence-corrected chi connectivity index (χ2v) is 2.81. The van der Waals surface area contributed by atoms with Crippen molar-refractivity contribution in [1.82, 2.24) is 9.38 Å². The fourth-order valence-corrected chi connectivity index (χ4v) is 1.35. The van der Waals surface area contributed by atoms with Crippen molar-refractivity contribution >= 4 is 5.52 Å². The maximum absolute atomic E-state index is 9.09. The Morgan fingerprint density at radius 3 is 3.08 bits per heavy atom. The summed E-state index contributed by atoms with van der Waals surface area (Å²) in [5, 5.41) is 9.09. The third-order valence-corrected chi connectivity index (χ3v) is 2.07. The highest BCUT2D eigenvalue weighted by Gasteiger charge is 2.01. The van der Waals surface area contributed by atoms with E-state index in [1.165, 1.54) is 0 Å². The third-order valence-electron chi connectivity index (χ3n) is 2.07. The molecule has 3 nitrogen and oxygen atoms in total. The average Bonchev–Trinajstić information content (AvgIpc) is 2.52. The topological polar surface area (TPSA) is 37.5 Å². The van der Waals surface area contributed by atoms with E-state index < -0.39 is 0 Å². The van der Waals surface area contributed by atoms with Gasteiger partial charge in [0.25, 0.3) is 0 Å². The Kier molecular flexibility index (Phi) is 1.59. The molecule has 0 atom stereocenters. The molecular weight excluding hydrogens is 152 g/mol. The summed E-state index contributed by atoms with van der Waals surface area (Å²) in [6.07, 6.45) is 3.49. The lowest BCUT2D eigenvalue weighted by Crippen LogP contribution is -1.98. The highest BCUT2D eigenvalue weighted by Crippen LogP contribution is 2.11. The zero-order valence-electron chi connectivity index (χ0n) is 6.86. The summed E-state index contributed by atoms with van der Waals surface area (Å²) in [6, 6.07) is 3.98. The van der Waals surface area contributed by atoms with Gasteiger partial charge in [0.2, 0.25) is 0 Å². The van der Waals surface area contributed by atoms with Gasteiger partial charge in [0.05, 0.1) is 30.3 Å². The predicted octanol–water partition coefficient (Wildman–Crippen LogP) is 1.14. The van der Waals surface area contributed by atoms with Crippen LogP contribution in [0.25, 0.3) is 5.52 Å². The van der Waals surface area contributed by atoms with Crippen LogP contribution in [0.15, 0.2) is 24.7 Å². The lowest BCUT2D eigenvalue weighted by molar-refractivity contribution is 0.274. The Labute approximate surface area is 70.3 Å². The molecule has 0 unspecified atom stereocenters. The molecule has 1 N–H and O–H groups in total. The molecule has 0 aliphatic heterocycles. The van der Waals surface area contributed by atoms with Gasteiger partial charge in [-0.15, -0.1) is 0 Å². The SMILES string of the molecule is Cc1ccc2cncn2c1CO. The lowest BCUT2D eigenvalue weighted by atomic mass is 10.2. The molecule has 62 valence electrons. The molecule has 2 aromatic rings. The molecule has 0 aliphatic rings. The van der Waals surface area contributed by atoms with Gasteiger partial charge in [0.1, 0.15) is 0 Å². The molecule has 0 radical (unpaired) electrons. The Bertz CT molecular complexity index is 406. The van der Waals surface area contributed by atoms with Crippen LogP contribution in [0.5, 0.6) is 0 Å². The number of imidazole rings is 1. The monoisotopic (exact) mass is 162 g/mol. The van der Waals surface area contributed by atoms with E-state index >= 15 is 0 Å². The first kappa shape index (κ1) is 7.31. The van der Waals surface area contributed by atoms with Gasteiger partial charge in [0, 0.05) is 0 Å². The van der Waals surface area contributed by atoms with Gasteiger partial charge in [-0.2, -0.15) is 0 Å². The molecular formula is C9H10N2O. The Morgan fingerprint density at radius 2 is 2.33 bits per heavy atom. The summed E-state index contributed by atoms with van der Waals surface area (Å²) in [6.45, 7) is 2.03. The molecule has 2 heterocycles. The number of aryl methyl sites for hydroxylation is 1. The standard InChI is InChI=1S/C9H10N2O/c1-7-2-3-8-4-10-6-11(8)9(7)5-12/h2-4,6,12H,5H2,1H3. The Balaban J connectivity index is 2.83. The minimum absolute atomic E-state index is 0.0551. The molecule has 0 fully saturated rings. The smallest absolute Gasteiger partial charge is 0.0995 e. The second kappa shape index (κ2) is 2.60. The number of fused-ring (bicyclic) bond motifs is 1. The summed E-state index contributed by atoms with van der Waals surface area (Å²) in [7, 11) is 0. The number of aromatic nitrogens is 2. The summed E-state index contributed by atoms with van der Waals surface area (Å²) < 4.78 is 1.90. The van der Waals surface area contributed by atoms with E-state index in [4.69, 9.17) is 5.11 Å². The van der Waals surface area contributed by atoms with Gasteiger partial charge in [-0.05, 0) is 18.6 Å². The van der Waals surface area contributed by atoms with Crippen molar-refractivity contribution in [2.75, 3.05) is 0 Å². The van der Waals surface area contributed by atoms with Crippen LogP contribution in [0.2, 0.25) is 0 Å². The number of nitrogens with zero attached hydrogens (tertiary/aromatic N) is 2. The molecule has 3 heteroatoms. The number of rotatable bonds is 1. The van der Waals surface area contributed by atoms with Gasteiger partial charge in [0.15, 0.2) is 0 Å². The van der Waals surface area contributed by atoms with Gasteiger partial charge < -0.3 is 9.51 Å². The van der Waals surface area contributed by atoms with E-state index in [1.54, 1.807) is 12.5 Å². The van der Waals surface area contributed by atoms with Crippen molar-refractivity contribution in [1.29, 1.82) is 0 Å². The van der Waals surface area contributed by atoms with Crippen molar-refractivity contribution in [3.63, 3.8) is 0 Å². The minimum atomic E-state index is 0.0551. The van der Waals surface area contributed by atoms with Crippen molar-refractivity contribution in [3.05, 3.63) is 35.9 Å². The molecule has 12 heavy (non-hydrogen) atoms. The lowest BCUT2D eigenvalue weighted by Gasteiger charge is -2.04. The summed E-state index contributed by atoms with van der Waals surface area (Å²) >= 11 is 0. The average molecular weight is 162 g/mol. The van der Waals surface area contributed by atoms with E-state index in [0.29, 0.717) is 0 Å². The highest BCUT2D eigenvalue weighted by molar-refractivity contribution is 5.47. The minimum Gasteiger partial charge on any atom is -0.390 e. The van der Waals surface area contributed by atoms with Crippen LogP contribution in [0.1, 0.15) is 11.3 Å². The third kappa shape index (κ3) is 0.905. The predicted molar refractivity (Wildman–Crippen MR) is 45.9 cm³/mol. The highest BCUT2D eigenvalue weighted by atomic mass is 16.3. The quantitative estimate of drug-likeness (QED) is 0.682. The molecule has 0 bridgehead atoms. The number of hydrogen-bond donors (Lipinski definition) is 1. The Hall–Kier alpha value is -1.35. The van der Waals surface area contributed by atoms with Crippen LogP contribution >= 0.6 is 0 Å². The summed E-state index contributed by atoms with van der Waals surface area (Å²) in [5.41, 5.74) is 3.01. The molecule has 0 saturated carbocycles. The number of hydrogen-bond acceptors (Lipinski definition) is 2. The first-order valence-corrected chi connectivity index (χ1v) is 3.84. The second-order valence-electron chi connectivity index (χ2n) is 2.81. The van der Waals surface area contributed by atoms with E-state index in [0.717, 1.165) is 16.8 Å². The molecule has 0 aromatic carbocycles. The first-order valence-electron chi connectivity index (χ1n) is 3.84. The van der Waals surface area contributed by atoms with Crippen molar-refractivity contribution in [3.8, 4) is 0 Å². The zero-order chi connectivity index (χ0) is 8.55. The van der Waals surface area contributed by atoms with E-state index in [9.17, 15) is 0 Å². The molecule has 2 rings (SSSR count). The van der Waals surface area contributed by atoms with Gasteiger partial charge in [-0.3, -0.25) is 0 Å². The number of aliphatic hydroxyl groups is 1. The molecule has 2 aromatic heterocycles. The molecule has 0 amide bonds. The van der Waals surface area contributed by atoms with Gasteiger partial charge in [-0.25, -0.2) is 4.98 Å². The van der Waals surface area contributed by atoms with Crippen LogP contribution < -0.4 is 0 Å². The summed E-state index contributed by atoms with van der Waals surface area (Å²) in [5.74, 6) is 0. The van der Waals surface area contributed by atoms with E-state index in [2.05, 4.69) is 4.98 Å². The fraction of sp³-hybridized carbons (Fsp3) is 0.222. The van der Waals surface area contributed by atoms with Crippen LogP contribution in [-0.4, -0.2) is 14.5 Å². The Morgan fingerprint density at radius 1 is 1.50 bits per heavy atom. The zero-order valence-corrected chi connectivity index (χ0v) is 6.86. The van der Waals surface area contributed by atoms with E-state index in [1.807, 2.05) is 23.5 Å². The van der Waals surface area contributed by atoms with Crippen molar-refractivity contribution in [2.24, 2.45) is 0 Å². The molecule has 0 saturated heterocycles. The van der Waals surface area contributed by atoms with Gasteiger partial charge in [-0.1, -0.05) is 6.07 Å². The van der Waals surface area contributed by atoms with Crippen LogP contribution in [-0.2, 0) is 6.61 Å².